The molecule has 2 aromatic heterocycles. The Morgan fingerprint density at radius 3 is 2.41 bits per heavy atom. The average Bonchev–Trinajstić information content (AvgIpc) is 3.57. The summed E-state index contributed by atoms with van der Waals surface area (Å²) in [6, 6.07) is 8.66. The molecule has 1 aliphatic heterocycles. The Bertz CT molecular complexity index is 1800. The number of likely N-dealkylation sites (tertiary alicyclic amines) is 1. The van der Waals surface area contributed by atoms with Crippen molar-refractivity contribution in [3.05, 3.63) is 48.0 Å². The minimum atomic E-state index is -0.612. The van der Waals surface area contributed by atoms with E-state index in [0.29, 0.717) is 59.0 Å². The summed E-state index contributed by atoms with van der Waals surface area (Å²) in [5.41, 5.74) is 2.47. The van der Waals surface area contributed by atoms with Crippen LogP contribution in [0.15, 0.2) is 36.5 Å². The summed E-state index contributed by atoms with van der Waals surface area (Å²) in [6.45, 7) is 5.52. The highest BCUT2D eigenvalue weighted by Crippen LogP contribution is 2.40. The summed E-state index contributed by atoms with van der Waals surface area (Å²) in [4.78, 5) is 50.7. The third kappa shape index (κ3) is 7.11. The molecule has 46 heavy (non-hydrogen) atoms. The number of aryl methyl sites for hydroxylation is 1. The highest BCUT2D eigenvalue weighted by Gasteiger charge is 2.31. The first-order valence-electron chi connectivity index (χ1n) is 15.0. The molecule has 4 aromatic rings. The van der Waals surface area contributed by atoms with Gasteiger partial charge in [0, 0.05) is 42.4 Å². The van der Waals surface area contributed by atoms with Gasteiger partial charge in [0.25, 0.3) is 0 Å². The maximum atomic E-state index is 15.7. The smallest absolute Gasteiger partial charge is 0.410 e. The maximum absolute atomic E-state index is 15.7. The molecule has 5 rings (SSSR count). The molecule has 0 unspecified atom stereocenters. The van der Waals surface area contributed by atoms with Crippen molar-refractivity contribution < 1.29 is 33.0 Å². The Morgan fingerprint density at radius 2 is 1.72 bits per heavy atom. The van der Waals surface area contributed by atoms with E-state index in [1.165, 1.54) is 13.2 Å². The zero-order chi connectivity index (χ0) is 33.2. The van der Waals surface area contributed by atoms with Crippen LogP contribution >= 0.6 is 0 Å². The van der Waals surface area contributed by atoms with E-state index in [9.17, 15) is 19.2 Å². The SMILES string of the molecule is COC(=O)CNC(=O)CNC(=O)Cn1nc(C2CCN(C(=O)OC(C)(C)C)CC2)c2c(-c3cc4c(cnn4C)cc3F)cccc21. The number of methoxy groups -OCH3 is 1. The molecule has 0 bridgehead atoms. The predicted octanol–water partition coefficient (Wildman–Crippen LogP) is 3.25. The van der Waals surface area contributed by atoms with Gasteiger partial charge in [-0.25, -0.2) is 9.18 Å². The molecule has 2 aromatic carbocycles. The van der Waals surface area contributed by atoms with Crippen LogP contribution in [0.25, 0.3) is 32.9 Å². The lowest BCUT2D eigenvalue weighted by Gasteiger charge is -2.33. The van der Waals surface area contributed by atoms with E-state index in [-0.39, 0.29) is 31.6 Å². The van der Waals surface area contributed by atoms with Crippen LogP contribution in [-0.2, 0) is 37.4 Å². The fourth-order valence-electron chi connectivity index (χ4n) is 5.61. The van der Waals surface area contributed by atoms with Gasteiger partial charge < -0.3 is 25.0 Å². The van der Waals surface area contributed by atoms with E-state index in [4.69, 9.17) is 9.84 Å². The number of ether oxygens (including phenoxy) is 2. The van der Waals surface area contributed by atoms with Gasteiger partial charge in [0.2, 0.25) is 11.8 Å². The molecule has 0 aliphatic carbocycles. The van der Waals surface area contributed by atoms with E-state index in [0.717, 1.165) is 5.52 Å². The molecule has 2 N–H and O–H groups in total. The van der Waals surface area contributed by atoms with Crippen molar-refractivity contribution in [3.63, 3.8) is 0 Å². The van der Waals surface area contributed by atoms with Crippen molar-refractivity contribution in [2.24, 2.45) is 7.05 Å². The van der Waals surface area contributed by atoms with Crippen LogP contribution in [0.4, 0.5) is 9.18 Å². The zero-order valence-corrected chi connectivity index (χ0v) is 26.6. The summed E-state index contributed by atoms with van der Waals surface area (Å²) in [5.74, 6) is -2.13. The molecule has 14 heteroatoms. The Labute approximate surface area is 265 Å². The van der Waals surface area contributed by atoms with Gasteiger partial charge in [-0.2, -0.15) is 10.2 Å². The summed E-state index contributed by atoms with van der Waals surface area (Å²) < 4.78 is 29.0. The second kappa shape index (κ2) is 13.2. The highest BCUT2D eigenvalue weighted by atomic mass is 19.1. The molecule has 3 amide bonds. The first-order valence-corrected chi connectivity index (χ1v) is 15.0. The number of benzene rings is 2. The van der Waals surface area contributed by atoms with Crippen molar-refractivity contribution in [1.29, 1.82) is 0 Å². The topological polar surface area (TPSA) is 150 Å². The number of nitrogens with one attached hydrogen (secondary N) is 2. The number of aromatic nitrogens is 4. The predicted molar refractivity (Wildman–Crippen MR) is 167 cm³/mol. The molecule has 244 valence electrons. The molecule has 0 atom stereocenters. The van der Waals surface area contributed by atoms with Gasteiger partial charge in [0.1, 0.15) is 24.5 Å². The number of fused-ring (bicyclic) bond motifs is 2. The van der Waals surface area contributed by atoms with Crippen LogP contribution in [-0.4, -0.2) is 87.2 Å². The summed E-state index contributed by atoms with van der Waals surface area (Å²) in [7, 11) is 3.00. The summed E-state index contributed by atoms with van der Waals surface area (Å²) >= 11 is 0. The van der Waals surface area contributed by atoms with E-state index in [1.54, 1.807) is 39.6 Å². The average molecular weight is 636 g/mol. The fraction of sp³-hybridized carbons (Fsp3) is 0.438. The minimum Gasteiger partial charge on any atom is -0.468 e. The van der Waals surface area contributed by atoms with Gasteiger partial charge in [0.05, 0.1) is 36.6 Å². The van der Waals surface area contributed by atoms with Gasteiger partial charge in [0.15, 0.2) is 0 Å². The number of rotatable bonds is 8. The largest absolute Gasteiger partial charge is 0.468 e. The lowest BCUT2D eigenvalue weighted by atomic mass is 9.89. The second-order valence-corrected chi connectivity index (χ2v) is 12.3. The van der Waals surface area contributed by atoms with Crippen LogP contribution in [0, 0.1) is 5.82 Å². The lowest BCUT2D eigenvalue weighted by Crippen LogP contribution is -2.41. The molecular formula is C32H38FN7O6. The molecule has 1 fully saturated rings. The van der Waals surface area contributed by atoms with Crippen molar-refractivity contribution in [2.45, 2.75) is 51.7 Å². The highest BCUT2D eigenvalue weighted by molar-refractivity contribution is 6.00. The third-order valence-electron chi connectivity index (χ3n) is 7.86. The van der Waals surface area contributed by atoms with Crippen LogP contribution in [0.5, 0.6) is 0 Å². The van der Waals surface area contributed by atoms with Crippen LogP contribution in [0.2, 0.25) is 0 Å². The lowest BCUT2D eigenvalue weighted by molar-refractivity contribution is -0.141. The Balaban J connectivity index is 1.46. The van der Waals surface area contributed by atoms with Crippen LogP contribution in [0.1, 0.15) is 45.2 Å². The number of hydrogen-bond acceptors (Lipinski definition) is 8. The Morgan fingerprint density at radius 1 is 1.00 bits per heavy atom. The van der Waals surface area contributed by atoms with E-state index >= 15 is 4.39 Å². The molecular weight excluding hydrogens is 597 g/mol. The number of halogens is 1. The maximum Gasteiger partial charge on any atom is 0.410 e. The molecule has 0 saturated carbocycles. The number of amides is 3. The molecule has 13 nitrogen and oxygen atoms in total. The molecule has 0 radical (unpaired) electrons. The molecule has 1 saturated heterocycles. The third-order valence-corrected chi connectivity index (χ3v) is 7.86. The Kier molecular flexibility index (Phi) is 9.26. The van der Waals surface area contributed by atoms with E-state index in [1.807, 2.05) is 32.9 Å². The van der Waals surface area contributed by atoms with Gasteiger partial charge in [-0.1, -0.05) is 12.1 Å². The van der Waals surface area contributed by atoms with Crippen molar-refractivity contribution >= 4 is 45.7 Å². The van der Waals surface area contributed by atoms with Crippen molar-refractivity contribution in [3.8, 4) is 11.1 Å². The van der Waals surface area contributed by atoms with E-state index in [2.05, 4.69) is 20.5 Å². The molecule has 3 heterocycles. The molecule has 0 spiro atoms. The number of nitrogens with zero attached hydrogens (tertiary/aromatic N) is 5. The molecule has 1 aliphatic rings. The summed E-state index contributed by atoms with van der Waals surface area (Å²) in [6.07, 6.45) is 2.42. The number of piperidine rings is 1. The Hall–Kier alpha value is -5.01. The number of carbonyl (C=O) groups excluding carboxylic acids is 4. The minimum absolute atomic E-state index is 0.0840. The quantitative estimate of drug-likeness (QED) is 0.280. The van der Waals surface area contributed by atoms with Gasteiger partial charge in [-0.05, 0) is 57.4 Å². The van der Waals surface area contributed by atoms with Crippen molar-refractivity contribution in [1.82, 2.24) is 35.1 Å². The first-order chi connectivity index (χ1) is 21.8. The van der Waals surface area contributed by atoms with Gasteiger partial charge >= 0.3 is 12.1 Å². The number of carbonyl (C=O) groups is 4. The standard InChI is InChI=1S/C32H38FN7O6/c1-32(2,3)46-31(44)39-11-9-19(10-12-39)30-29-21(22-14-25-20(13-23(22)33)15-36-38(25)4)7-6-8-24(29)40(37-30)18-27(42)34-16-26(41)35-17-28(43)45-5/h6-8,13-15,19H,9-12,16-18H2,1-5H3,(H,34,42)(H,35,41). The van der Waals surface area contributed by atoms with Crippen LogP contribution in [0.3, 0.4) is 0 Å². The number of hydrogen-bond donors (Lipinski definition) is 2. The van der Waals surface area contributed by atoms with Gasteiger partial charge in [-0.3, -0.25) is 23.7 Å². The first kappa shape index (κ1) is 32.4. The zero-order valence-electron chi connectivity index (χ0n) is 26.6. The van der Waals surface area contributed by atoms with Gasteiger partial charge in [-0.15, -0.1) is 0 Å². The van der Waals surface area contributed by atoms with Crippen molar-refractivity contribution in [2.75, 3.05) is 33.3 Å². The summed E-state index contributed by atoms with van der Waals surface area (Å²) in [5, 5.41) is 15.4. The van der Waals surface area contributed by atoms with Crippen LogP contribution < -0.4 is 10.6 Å². The normalized spacial score (nSPS) is 14.0. The fourth-order valence-corrected chi connectivity index (χ4v) is 5.61. The second-order valence-electron chi connectivity index (χ2n) is 12.3. The monoisotopic (exact) mass is 635 g/mol. The van der Waals surface area contributed by atoms with E-state index < -0.39 is 29.2 Å². The number of esters is 1.